The number of phosphoric acid groups is 1. The van der Waals surface area contributed by atoms with E-state index in [1.807, 2.05) is 0 Å². The van der Waals surface area contributed by atoms with Crippen LogP contribution in [-0.2, 0) is 32.7 Å². The number of aliphatic hydroxyl groups is 1. The van der Waals surface area contributed by atoms with Gasteiger partial charge in [-0.1, -0.05) is 231 Å². The van der Waals surface area contributed by atoms with E-state index in [0.717, 1.165) is 57.8 Å². The van der Waals surface area contributed by atoms with E-state index in [1.165, 1.54) is 167 Å². The van der Waals surface area contributed by atoms with Crippen LogP contribution < -0.4 is 5.32 Å². The average molecular weight is 942 g/mol. The Bertz CT molecular complexity index is 1200. The summed E-state index contributed by atoms with van der Waals surface area (Å²) in [5.41, 5.74) is 0. The highest BCUT2D eigenvalue weighted by molar-refractivity contribution is 7.47. The largest absolute Gasteiger partial charge is 0.480 e. The molecule has 0 saturated carbocycles. The van der Waals surface area contributed by atoms with Gasteiger partial charge in [-0.15, -0.1) is 0 Å². The molecule has 0 radical (unpaired) electrons. The van der Waals surface area contributed by atoms with Gasteiger partial charge in [-0.05, 0) is 44.9 Å². The molecular formula is C53H100NO10P. The number of rotatable bonds is 51. The fraction of sp³-hybridized carbons (Fsp3) is 0.868. The Morgan fingerprint density at radius 3 is 1.26 bits per heavy atom. The van der Waals surface area contributed by atoms with E-state index in [0.29, 0.717) is 12.8 Å². The predicted octanol–water partition coefficient (Wildman–Crippen LogP) is 15.0. The molecule has 0 heterocycles. The van der Waals surface area contributed by atoms with E-state index >= 15 is 0 Å². The minimum absolute atomic E-state index is 0.139. The van der Waals surface area contributed by atoms with Crippen LogP contribution in [0, 0.1) is 0 Å². The number of ether oxygens (including phenoxy) is 1. The Kier molecular flexibility index (Phi) is 46.9. The molecular weight excluding hydrogens is 842 g/mol. The van der Waals surface area contributed by atoms with Gasteiger partial charge in [0, 0.05) is 12.8 Å². The highest BCUT2D eigenvalue weighted by Crippen LogP contribution is 2.43. The van der Waals surface area contributed by atoms with E-state index in [1.54, 1.807) is 0 Å². The number of esters is 1. The zero-order valence-electron chi connectivity index (χ0n) is 41.8. The van der Waals surface area contributed by atoms with E-state index in [9.17, 15) is 34.1 Å². The first-order valence-corrected chi connectivity index (χ1v) is 28.4. The number of unbranched alkanes of at least 4 members (excludes halogenated alkanes) is 33. The molecule has 0 aliphatic rings. The number of aliphatic carboxylic acids is 1. The molecule has 3 atom stereocenters. The lowest BCUT2D eigenvalue weighted by Crippen LogP contribution is -2.43. The lowest BCUT2D eigenvalue weighted by atomic mass is 10.0. The number of carbonyl (C=O) groups excluding carboxylic acids is 2. The Morgan fingerprint density at radius 2 is 0.846 bits per heavy atom. The zero-order chi connectivity index (χ0) is 47.7. The summed E-state index contributed by atoms with van der Waals surface area (Å²) in [4.78, 5) is 46.1. The number of allylic oxidation sites excluding steroid dienone is 4. The van der Waals surface area contributed by atoms with Crippen LogP contribution in [-0.4, -0.2) is 64.9 Å². The van der Waals surface area contributed by atoms with Gasteiger partial charge in [0.2, 0.25) is 5.91 Å². The number of hydrogen-bond acceptors (Lipinski definition) is 8. The van der Waals surface area contributed by atoms with Crippen molar-refractivity contribution in [3.8, 4) is 0 Å². The zero-order valence-corrected chi connectivity index (χ0v) is 42.7. The number of phosphoric ester groups is 1. The van der Waals surface area contributed by atoms with Crippen LogP contribution in [0.25, 0.3) is 0 Å². The Hall–Kier alpha value is -2.04. The fourth-order valence-electron chi connectivity index (χ4n) is 7.82. The topological polar surface area (TPSA) is 169 Å². The molecule has 0 aromatic carbocycles. The minimum Gasteiger partial charge on any atom is -0.480 e. The molecule has 382 valence electrons. The summed E-state index contributed by atoms with van der Waals surface area (Å²) >= 11 is 0. The third-order valence-corrected chi connectivity index (χ3v) is 12.9. The van der Waals surface area contributed by atoms with Gasteiger partial charge in [0.05, 0.1) is 13.2 Å². The van der Waals surface area contributed by atoms with Crippen molar-refractivity contribution < 1.29 is 47.8 Å². The van der Waals surface area contributed by atoms with Crippen LogP contribution in [0.1, 0.15) is 264 Å². The number of carboxylic acid groups (broad SMARTS) is 1. The first kappa shape index (κ1) is 63.0. The normalized spacial score (nSPS) is 13.7. The smallest absolute Gasteiger partial charge is 0.472 e. The predicted molar refractivity (Wildman–Crippen MR) is 268 cm³/mol. The molecule has 0 aliphatic heterocycles. The molecule has 12 heteroatoms. The molecule has 0 aliphatic carbocycles. The maximum atomic E-state index is 12.4. The fourth-order valence-corrected chi connectivity index (χ4v) is 8.59. The summed E-state index contributed by atoms with van der Waals surface area (Å²) < 4.78 is 27.0. The van der Waals surface area contributed by atoms with Crippen molar-refractivity contribution in [3.05, 3.63) is 24.3 Å². The van der Waals surface area contributed by atoms with Crippen molar-refractivity contribution in [3.63, 3.8) is 0 Å². The third kappa shape index (κ3) is 48.2. The molecule has 3 unspecified atom stereocenters. The van der Waals surface area contributed by atoms with Gasteiger partial charge < -0.3 is 25.2 Å². The first-order valence-electron chi connectivity index (χ1n) is 26.9. The van der Waals surface area contributed by atoms with Crippen LogP contribution in [0.15, 0.2) is 24.3 Å². The molecule has 0 aromatic heterocycles. The van der Waals surface area contributed by atoms with Gasteiger partial charge in [-0.2, -0.15) is 0 Å². The molecule has 0 fully saturated rings. The molecule has 11 nitrogen and oxygen atoms in total. The number of carboxylic acids is 1. The van der Waals surface area contributed by atoms with Crippen LogP contribution in [0.2, 0.25) is 0 Å². The average Bonchev–Trinajstić information content (AvgIpc) is 3.28. The lowest BCUT2D eigenvalue weighted by Gasteiger charge is -2.18. The summed E-state index contributed by atoms with van der Waals surface area (Å²) in [6, 6.07) is -1.55. The Balaban J connectivity index is 3.77. The quantitative estimate of drug-likeness (QED) is 0.0199. The van der Waals surface area contributed by atoms with Crippen molar-refractivity contribution >= 4 is 25.7 Å². The van der Waals surface area contributed by atoms with E-state index in [4.69, 9.17) is 13.8 Å². The molecule has 1 amide bonds. The maximum absolute atomic E-state index is 12.4. The number of nitrogens with one attached hydrogen (secondary N) is 1. The molecule has 0 aromatic rings. The summed E-state index contributed by atoms with van der Waals surface area (Å²) in [5.74, 6) is -2.37. The number of aliphatic hydroxyl groups excluding tert-OH is 1. The van der Waals surface area contributed by atoms with E-state index in [-0.39, 0.29) is 12.8 Å². The van der Waals surface area contributed by atoms with Crippen molar-refractivity contribution in [1.29, 1.82) is 0 Å². The number of hydrogen-bond donors (Lipinski definition) is 4. The van der Waals surface area contributed by atoms with E-state index in [2.05, 4.69) is 43.5 Å². The second kappa shape index (κ2) is 48.4. The Labute approximate surface area is 398 Å². The van der Waals surface area contributed by atoms with Crippen LogP contribution in [0.3, 0.4) is 0 Å². The highest BCUT2D eigenvalue weighted by Gasteiger charge is 2.28. The lowest BCUT2D eigenvalue weighted by molar-refractivity contribution is -0.147. The summed E-state index contributed by atoms with van der Waals surface area (Å²) in [6.07, 6.45) is 53.5. The number of amides is 1. The van der Waals surface area contributed by atoms with Crippen LogP contribution in [0.5, 0.6) is 0 Å². The molecule has 0 rings (SSSR count). The first-order chi connectivity index (χ1) is 31.6. The second-order valence-electron chi connectivity index (χ2n) is 18.4. The second-order valence-corrected chi connectivity index (χ2v) is 19.9. The molecule has 4 N–H and O–H groups in total. The summed E-state index contributed by atoms with van der Waals surface area (Å²) in [5, 5.41) is 21.9. The minimum atomic E-state index is -4.76. The van der Waals surface area contributed by atoms with Gasteiger partial charge in [-0.3, -0.25) is 18.6 Å². The molecule has 0 saturated heterocycles. The van der Waals surface area contributed by atoms with Gasteiger partial charge >= 0.3 is 19.8 Å². The van der Waals surface area contributed by atoms with Crippen molar-refractivity contribution in [1.82, 2.24) is 5.32 Å². The molecule has 0 bridgehead atoms. The van der Waals surface area contributed by atoms with E-state index < -0.39 is 57.6 Å². The third-order valence-electron chi connectivity index (χ3n) is 12.0. The SMILES string of the molecule is CCCCCC/C=C\C/C=C\CCCCCCCCCC(=O)NC(COP(=O)(O)OCC(O)COC(=O)CCCCCCCCCCCCCCCCCCCCCCCCC)C(=O)O. The maximum Gasteiger partial charge on any atom is 0.472 e. The Morgan fingerprint density at radius 1 is 0.492 bits per heavy atom. The monoisotopic (exact) mass is 942 g/mol. The van der Waals surface area contributed by atoms with Crippen molar-refractivity contribution in [2.75, 3.05) is 19.8 Å². The van der Waals surface area contributed by atoms with Crippen molar-refractivity contribution in [2.24, 2.45) is 0 Å². The van der Waals surface area contributed by atoms with Crippen LogP contribution >= 0.6 is 7.82 Å². The molecule has 65 heavy (non-hydrogen) atoms. The van der Waals surface area contributed by atoms with Crippen LogP contribution in [0.4, 0.5) is 0 Å². The van der Waals surface area contributed by atoms with Gasteiger partial charge in [0.15, 0.2) is 6.04 Å². The van der Waals surface area contributed by atoms with Gasteiger partial charge in [0.25, 0.3) is 0 Å². The van der Waals surface area contributed by atoms with Gasteiger partial charge in [-0.25, -0.2) is 9.36 Å². The highest BCUT2D eigenvalue weighted by atomic mass is 31.2. The standard InChI is InChI=1S/C53H100NO10P/c1-3-5-7-9-11-13-15-17-19-21-23-24-25-26-27-29-31-33-35-37-39-41-43-45-52(57)62-46-49(55)47-63-65(60,61)64-48-50(53(58)59)54-51(56)44-42-40-38-36-34-32-30-28-22-20-18-16-14-12-10-8-6-4-2/h14,16,20,22,49-50,55H,3-13,15,17-19,21,23-48H2,1-2H3,(H,54,56)(H,58,59)(H,60,61)/b16-14-,22-20-. The van der Waals surface area contributed by atoms with Gasteiger partial charge in [0.1, 0.15) is 12.7 Å². The molecule has 0 spiro atoms. The number of carbonyl (C=O) groups is 3. The summed E-state index contributed by atoms with van der Waals surface area (Å²) in [6.45, 7) is 2.62. The summed E-state index contributed by atoms with van der Waals surface area (Å²) in [7, 11) is -4.76. The van der Waals surface area contributed by atoms with Crippen molar-refractivity contribution in [2.45, 2.75) is 276 Å².